The maximum absolute atomic E-state index is 11.7. The van der Waals surface area contributed by atoms with E-state index in [-0.39, 0.29) is 5.69 Å². The predicted molar refractivity (Wildman–Crippen MR) is 79.7 cm³/mol. The zero-order valence-electron chi connectivity index (χ0n) is 12.2. The van der Waals surface area contributed by atoms with Crippen LogP contribution in [0.25, 0.3) is 5.65 Å². The van der Waals surface area contributed by atoms with Gasteiger partial charge in [-0.05, 0) is 39.2 Å². The topological polar surface area (TPSA) is 78.3 Å². The van der Waals surface area contributed by atoms with E-state index in [1.807, 2.05) is 13.0 Å². The number of H-pyrrole nitrogens is 1. The third kappa shape index (κ3) is 2.31. The zero-order valence-corrected chi connectivity index (χ0v) is 12.2. The Morgan fingerprint density at radius 3 is 3.00 bits per heavy atom. The molecule has 2 fully saturated rings. The van der Waals surface area contributed by atoms with E-state index in [9.17, 15) is 4.79 Å². The molecular formula is C14H20N6O. The number of hydrogen-bond donors (Lipinski definition) is 2. The maximum Gasteiger partial charge on any atom is 0.349 e. The van der Waals surface area contributed by atoms with Crippen LogP contribution < -0.4 is 15.9 Å². The molecule has 1 aliphatic carbocycles. The molecule has 0 spiro atoms. The van der Waals surface area contributed by atoms with Crippen molar-refractivity contribution >= 4 is 11.5 Å². The molecule has 7 nitrogen and oxygen atoms in total. The molecule has 3 heterocycles. The molecule has 2 aromatic rings. The smallest absolute Gasteiger partial charge is 0.349 e. The second kappa shape index (κ2) is 4.84. The van der Waals surface area contributed by atoms with Gasteiger partial charge < -0.3 is 10.2 Å². The van der Waals surface area contributed by atoms with Gasteiger partial charge in [0.25, 0.3) is 0 Å². The van der Waals surface area contributed by atoms with Gasteiger partial charge in [0.15, 0.2) is 5.65 Å². The average Bonchev–Trinajstić information content (AvgIpc) is 3.03. The lowest BCUT2D eigenvalue weighted by Crippen LogP contribution is -2.39. The van der Waals surface area contributed by atoms with Gasteiger partial charge in [-0.2, -0.15) is 5.10 Å². The van der Waals surface area contributed by atoms with Crippen LogP contribution in [0, 0.1) is 6.92 Å². The molecule has 2 aromatic heterocycles. The van der Waals surface area contributed by atoms with E-state index in [1.165, 1.54) is 30.1 Å². The lowest BCUT2D eigenvalue weighted by Gasteiger charge is -2.27. The fourth-order valence-corrected chi connectivity index (χ4v) is 3.20. The predicted octanol–water partition coefficient (Wildman–Crippen LogP) is 0.447. The summed E-state index contributed by atoms with van der Waals surface area (Å²) in [5.74, 6) is 1.63. The fourth-order valence-electron chi connectivity index (χ4n) is 3.20. The van der Waals surface area contributed by atoms with Crippen LogP contribution in [0.1, 0.15) is 31.5 Å². The third-order valence-electron chi connectivity index (χ3n) is 4.42. The number of nitrogens with one attached hydrogen (secondary N) is 2. The first-order chi connectivity index (χ1) is 10.2. The largest absolute Gasteiger partial charge is 0.352 e. The van der Waals surface area contributed by atoms with E-state index in [2.05, 4.69) is 25.4 Å². The number of rotatable bonds is 4. The first kappa shape index (κ1) is 12.8. The molecule has 4 rings (SSSR count). The summed E-state index contributed by atoms with van der Waals surface area (Å²) < 4.78 is 1.52. The molecule has 2 N–H and O–H groups in total. The van der Waals surface area contributed by atoms with E-state index in [0.717, 1.165) is 18.9 Å². The van der Waals surface area contributed by atoms with Crippen molar-refractivity contribution in [1.29, 1.82) is 0 Å². The third-order valence-corrected chi connectivity index (χ3v) is 4.42. The Morgan fingerprint density at radius 2 is 2.29 bits per heavy atom. The molecule has 1 unspecified atom stereocenters. The first-order valence-corrected chi connectivity index (χ1v) is 7.67. The number of nitrogens with zero attached hydrogens (tertiary/aromatic N) is 4. The Morgan fingerprint density at radius 1 is 1.43 bits per heavy atom. The van der Waals surface area contributed by atoms with Crippen molar-refractivity contribution in [2.45, 2.75) is 44.7 Å². The first-order valence-electron chi connectivity index (χ1n) is 7.67. The summed E-state index contributed by atoms with van der Waals surface area (Å²) in [4.78, 5) is 18.7. The SMILES string of the molecule is Cc1nc(N(CC2CCCN2)C2CC2)cc2n[nH]c(=O)n12. The fraction of sp³-hybridized carbons (Fsp3) is 0.643. The number of anilines is 1. The summed E-state index contributed by atoms with van der Waals surface area (Å²) in [5, 5.41) is 10.1. The van der Waals surface area contributed by atoms with Gasteiger partial charge in [-0.15, -0.1) is 0 Å². The van der Waals surface area contributed by atoms with Crippen LogP contribution in [0.3, 0.4) is 0 Å². The molecule has 1 saturated heterocycles. The molecule has 0 amide bonds. The molecule has 21 heavy (non-hydrogen) atoms. The molecule has 0 aromatic carbocycles. The number of aromatic nitrogens is 4. The van der Waals surface area contributed by atoms with Gasteiger partial charge >= 0.3 is 5.69 Å². The van der Waals surface area contributed by atoms with Crippen molar-refractivity contribution in [3.8, 4) is 0 Å². The van der Waals surface area contributed by atoms with Crippen molar-refractivity contribution in [2.75, 3.05) is 18.0 Å². The molecule has 112 valence electrons. The molecule has 1 atom stereocenters. The van der Waals surface area contributed by atoms with E-state index in [1.54, 1.807) is 0 Å². The van der Waals surface area contributed by atoms with Crippen LogP contribution in [0.15, 0.2) is 10.9 Å². The Hall–Kier alpha value is -1.89. The zero-order chi connectivity index (χ0) is 14.4. The van der Waals surface area contributed by atoms with E-state index in [0.29, 0.717) is 23.6 Å². The molecular weight excluding hydrogens is 268 g/mol. The number of fused-ring (bicyclic) bond motifs is 1. The molecule has 7 heteroatoms. The van der Waals surface area contributed by atoms with Crippen LogP contribution in [-0.2, 0) is 0 Å². The van der Waals surface area contributed by atoms with Gasteiger partial charge in [0, 0.05) is 24.7 Å². The van der Waals surface area contributed by atoms with Crippen molar-refractivity contribution in [1.82, 2.24) is 24.9 Å². The monoisotopic (exact) mass is 288 g/mol. The minimum absolute atomic E-state index is 0.225. The minimum Gasteiger partial charge on any atom is -0.352 e. The van der Waals surface area contributed by atoms with Gasteiger partial charge in [-0.3, -0.25) is 0 Å². The summed E-state index contributed by atoms with van der Waals surface area (Å²) in [6.45, 7) is 3.96. The van der Waals surface area contributed by atoms with Crippen LogP contribution in [-0.4, -0.2) is 44.8 Å². The Labute approximate surface area is 122 Å². The lowest BCUT2D eigenvalue weighted by atomic mass is 10.2. The summed E-state index contributed by atoms with van der Waals surface area (Å²) in [7, 11) is 0. The average molecular weight is 288 g/mol. The van der Waals surface area contributed by atoms with Gasteiger partial charge in [0.1, 0.15) is 11.6 Å². The molecule has 0 bridgehead atoms. The highest BCUT2D eigenvalue weighted by Gasteiger charge is 2.32. The Bertz CT molecular complexity index is 710. The van der Waals surface area contributed by atoms with Crippen molar-refractivity contribution in [3.05, 3.63) is 22.4 Å². The summed E-state index contributed by atoms with van der Waals surface area (Å²) in [6, 6.07) is 3.05. The van der Waals surface area contributed by atoms with E-state index >= 15 is 0 Å². The van der Waals surface area contributed by atoms with E-state index < -0.39 is 0 Å². The Balaban J connectivity index is 1.70. The second-order valence-electron chi connectivity index (χ2n) is 6.06. The summed E-state index contributed by atoms with van der Waals surface area (Å²) >= 11 is 0. The van der Waals surface area contributed by atoms with Gasteiger partial charge in [0.2, 0.25) is 0 Å². The van der Waals surface area contributed by atoms with Crippen LogP contribution in [0.5, 0.6) is 0 Å². The normalized spacial score (nSPS) is 22.0. The molecule has 0 radical (unpaired) electrons. The van der Waals surface area contributed by atoms with Crippen LogP contribution in [0.4, 0.5) is 5.82 Å². The number of aromatic amines is 1. The van der Waals surface area contributed by atoms with Gasteiger partial charge in [-0.1, -0.05) is 0 Å². The standard InChI is InChI=1S/C14H20N6O/c1-9-16-12(7-13-17-18-14(21)20(9)13)19(11-4-5-11)8-10-3-2-6-15-10/h7,10-11,15H,2-6,8H2,1H3,(H,18,21). The summed E-state index contributed by atoms with van der Waals surface area (Å²) in [5.41, 5.74) is 0.421. The van der Waals surface area contributed by atoms with Crippen molar-refractivity contribution in [3.63, 3.8) is 0 Å². The lowest BCUT2D eigenvalue weighted by molar-refractivity contribution is 0.574. The van der Waals surface area contributed by atoms with Gasteiger partial charge in [-0.25, -0.2) is 19.3 Å². The molecule has 1 aliphatic heterocycles. The second-order valence-corrected chi connectivity index (χ2v) is 6.06. The van der Waals surface area contributed by atoms with Crippen LogP contribution >= 0.6 is 0 Å². The van der Waals surface area contributed by atoms with Crippen LogP contribution in [0.2, 0.25) is 0 Å². The highest BCUT2D eigenvalue weighted by Crippen LogP contribution is 2.31. The minimum atomic E-state index is -0.225. The van der Waals surface area contributed by atoms with Gasteiger partial charge in [0.05, 0.1) is 0 Å². The number of hydrogen-bond acceptors (Lipinski definition) is 5. The molecule has 1 saturated carbocycles. The number of aryl methyl sites for hydroxylation is 1. The highest BCUT2D eigenvalue weighted by molar-refractivity contribution is 5.53. The van der Waals surface area contributed by atoms with E-state index in [4.69, 9.17) is 0 Å². The maximum atomic E-state index is 11.7. The summed E-state index contributed by atoms with van der Waals surface area (Å²) in [6.07, 6.45) is 4.94. The van der Waals surface area contributed by atoms with Crippen molar-refractivity contribution < 1.29 is 0 Å². The molecule has 2 aliphatic rings. The van der Waals surface area contributed by atoms with Crippen molar-refractivity contribution in [2.24, 2.45) is 0 Å². The highest BCUT2D eigenvalue weighted by atomic mass is 16.1. The Kier molecular flexibility index (Phi) is 2.95. The quantitative estimate of drug-likeness (QED) is 0.854.